The third-order valence-corrected chi connectivity index (χ3v) is 7.48. The van der Waals surface area contributed by atoms with Crippen LogP contribution in [0.25, 0.3) is 0 Å². The molecule has 3 aliphatic carbocycles. The van der Waals surface area contributed by atoms with Crippen LogP contribution in [0, 0.1) is 17.8 Å². The first kappa shape index (κ1) is 18.3. The number of carbonyl (C=O) groups excluding carboxylic acids is 1. The Labute approximate surface area is 161 Å². The number of aryl methyl sites for hydroxylation is 1. The Hall–Kier alpha value is -1.04. The number of fused-ring (bicyclic) bond motifs is 2. The molecule has 3 aliphatic rings. The van der Waals surface area contributed by atoms with Crippen molar-refractivity contribution in [3.8, 4) is 0 Å². The van der Waals surface area contributed by atoms with Gasteiger partial charge in [0.2, 0.25) is 5.91 Å². The zero-order valence-electron chi connectivity index (χ0n) is 16.0. The highest BCUT2D eigenvalue weighted by Crippen LogP contribution is 2.49. The van der Waals surface area contributed by atoms with E-state index in [1.54, 1.807) is 11.8 Å². The van der Waals surface area contributed by atoms with Gasteiger partial charge in [-0.3, -0.25) is 4.79 Å². The van der Waals surface area contributed by atoms with Gasteiger partial charge in [0.1, 0.15) is 5.82 Å². The van der Waals surface area contributed by atoms with Crippen LogP contribution in [0.4, 0.5) is 0 Å². The van der Waals surface area contributed by atoms with Gasteiger partial charge >= 0.3 is 0 Å². The molecule has 3 fully saturated rings. The fourth-order valence-electron chi connectivity index (χ4n) is 5.56. The van der Waals surface area contributed by atoms with E-state index in [1.807, 2.05) is 0 Å². The van der Waals surface area contributed by atoms with Crippen molar-refractivity contribution in [2.24, 2.45) is 17.8 Å². The highest BCUT2D eigenvalue weighted by Gasteiger charge is 2.40. The molecule has 1 N–H and O–H groups in total. The molecule has 26 heavy (non-hydrogen) atoms. The van der Waals surface area contributed by atoms with E-state index in [0.29, 0.717) is 12.0 Å². The van der Waals surface area contributed by atoms with Crippen LogP contribution in [0.5, 0.6) is 0 Å². The Bertz CT molecular complexity index is 625. The molecule has 1 aromatic rings. The Kier molecular flexibility index (Phi) is 5.87. The second-order valence-corrected chi connectivity index (χ2v) is 9.28. The van der Waals surface area contributed by atoms with Crippen molar-refractivity contribution in [2.75, 3.05) is 12.8 Å². The molecule has 0 saturated heterocycles. The summed E-state index contributed by atoms with van der Waals surface area (Å²) in [4.78, 5) is 12.3. The van der Waals surface area contributed by atoms with Gasteiger partial charge in [0, 0.05) is 25.4 Å². The fourth-order valence-corrected chi connectivity index (χ4v) is 6.13. The monoisotopic (exact) mass is 376 g/mol. The molecule has 0 spiro atoms. The molecule has 0 radical (unpaired) electrons. The number of amides is 1. The summed E-state index contributed by atoms with van der Waals surface area (Å²) < 4.78 is 2.37. The average Bonchev–Trinajstić information content (AvgIpc) is 3.42. The molecular formula is C20H32N4OS. The highest BCUT2D eigenvalue weighted by atomic mass is 32.2. The van der Waals surface area contributed by atoms with Crippen molar-refractivity contribution in [1.29, 1.82) is 0 Å². The minimum Gasteiger partial charge on any atom is -0.356 e. The predicted octanol–water partition coefficient (Wildman–Crippen LogP) is 3.99. The highest BCUT2D eigenvalue weighted by molar-refractivity contribution is 7.98. The first-order chi connectivity index (χ1) is 12.7. The van der Waals surface area contributed by atoms with Crippen molar-refractivity contribution in [3.63, 3.8) is 0 Å². The number of hydrogen-bond acceptors (Lipinski definition) is 4. The van der Waals surface area contributed by atoms with E-state index in [9.17, 15) is 4.79 Å². The summed E-state index contributed by atoms with van der Waals surface area (Å²) in [6.45, 7) is 0.756. The van der Waals surface area contributed by atoms with Crippen LogP contribution in [0.1, 0.15) is 76.1 Å². The van der Waals surface area contributed by atoms with Crippen molar-refractivity contribution >= 4 is 17.7 Å². The summed E-state index contributed by atoms with van der Waals surface area (Å²) in [7, 11) is 0. The van der Waals surface area contributed by atoms with Crippen LogP contribution >= 0.6 is 11.8 Å². The van der Waals surface area contributed by atoms with Gasteiger partial charge in [-0.2, -0.15) is 0 Å². The summed E-state index contributed by atoms with van der Waals surface area (Å²) >= 11 is 1.69. The normalized spacial score (nSPS) is 28.1. The summed E-state index contributed by atoms with van der Waals surface area (Å²) in [5.74, 6) is 3.77. The van der Waals surface area contributed by atoms with Crippen molar-refractivity contribution in [2.45, 2.75) is 81.8 Å². The molecule has 0 aromatic carbocycles. The lowest BCUT2D eigenvalue weighted by Crippen LogP contribution is -2.28. The topological polar surface area (TPSA) is 59.8 Å². The Morgan fingerprint density at radius 2 is 2.04 bits per heavy atom. The number of nitrogens with one attached hydrogen (secondary N) is 1. The molecular weight excluding hydrogens is 344 g/mol. The van der Waals surface area contributed by atoms with Crippen LogP contribution in [0.2, 0.25) is 0 Å². The molecule has 3 atom stereocenters. The summed E-state index contributed by atoms with van der Waals surface area (Å²) in [6, 6.07) is 0.579. The molecule has 5 nitrogen and oxygen atoms in total. The van der Waals surface area contributed by atoms with Gasteiger partial charge in [0.15, 0.2) is 5.16 Å². The van der Waals surface area contributed by atoms with Gasteiger partial charge in [-0.25, -0.2) is 0 Å². The second-order valence-electron chi connectivity index (χ2n) is 8.50. The Morgan fingerprint density at radius 3 is 2.73 bits per heavy atom. The van der Waals surface area contributed by atoms with E-state index >= 15 is 0 Å². The Balaban J connectivity index is 1.22. The van der Waals surface area contributed by atoms with E-state index in [-0.39, 0.29) is 5.91 Å². The van der Waals surface area contributed by atoms with Crippen molar-refractivity contribution in [1.82, 2.24) is 20.1 Å². The molecule has 0 unspecified atom stereocenters. The largest absolute Gasteiger partial charge is 0.356 e. The van der Waals surface area contributed by atoms with Crippen LogP contribution in [0.15, 0.2) is 5.16 Å². The number of aromatic nitrogens is 3. The average molecular weight is 377 g/mol. The third kappa shape index (κ3) is 3.95. The van der Waals surface area contributed by atoms with Gasteiger partial charge in [0.25, 0.3) is 0 Å². The SMILES string of the molecule is CSc1nnc(CCCNC(=O)C[C@@H]2C[C@@H]3CC[C@@H]2C3)n1C1CCCC1. The lowest BCUT2D eigenvalue weighted by Gasteiger charge is -2.21. The predicted molar refractivity (Wildman–Crippen MR) is 104 cm³/mol. The first-order valence-corrected chi connectivity index (χ1v) is 11.7. The fraction of sp³-hybridized carbons (Fsp3) is 0.850. The van der Waals surface area contributed by atoms with Gasteiger partial charge in [-0.1, -0.05) is 31.0 Å². The standard InChI is InChI=1S/C20H32N4OS/c1-26-20-23-22-18(24(20)17-5-2-3-6-17)7-4-10-21-19(25)13-16-12-14-8-9-15(16)11-14/h14-17H,2-13H2,1H3,(H,21,25)/t14-,15-,16+/m1/s1. The number of hydrogen-bond donors (Lipinski definition) is 1. The summed E-state index contributed by atoms with van der Waals surface area (Å²) in [5.41, 5.74) is 0. The smallest absolute Gasteiger partial charge is 0.220 e. The van der Waals surface area contributed by atoms with Gasteiger partial charge in [0.05, 0.1) is 0 Å². The number of carbonyl (C=O) groups is 1. The van der Waals surface area contributed by atoms with Gasteiger partial charge < -0.3 is 9.88 Å². The number of rotatable bonds is 8. The van der Waals surface area contributed by atoms with Crippen LogP contribution in [0.3, 0.4) is 0 Å². The number of thioether (sulfide) groups is 1. The molecule has 0 aliphatic heterocycles. The number of nitrogens with zero attached hydrogens (tertiary/aromatic N) is 3. The molecule has 3 saturated carbocycles. The van der Waals surface area contributed by atoms with E-state index in [0.717, 1.165) is 48.6 Å². The maximum atomic E-state index is 12.3. The molecule has 1 heterocycles. The lowest BCUT2D eigenvalue weighted by atomic mass is 9.86. The maximum absolute atomic E-state index is 12.3. The van der Waals surface area contributed by atoms with E-state index in [4.69, 9.17) is 0 Å². The van der Waals surface area contributed by atoms with Crippen molar-refractivity contribution < 1.29 is 4.79 Å². The zero-order valence-corrected chi connectivity index (χ0v) is 16.8. The maximum Gasteiger partial charge on any atom is 0.220 e. The quantitative estimate of drug-likeness (QED) is 0.550. The zero-order chi connectivity index (χ0) is 17.9. The minimum atomic E-state index is 0.254. The molecule has 4 rings (SSSR count). The van der Waals surface area contributed by atoms with Crippen LogP contribution < -0.4 is 5.32 Å². The third-order valence-electron chi connectivity index (χ3n) is 6.84. The summed E-state index contributed by atoms with van der Waals surface area (Å²) in [5, 5.41) is 13.0. The molecule has 6 heteroatoms. The minimum absolute atomic E-state index is 0.254. The Morgan fingerprint density at radius 1 is 1.19 bits per heavy atom. The second kappa shape index (κ2) is 8.32. The van der Waals surface area contributed by atoms with E-state index in [1.165, 1.54) is 51.4 Å². The summed E-state index contributed by atoms with van der Waals surface area (Å²) in [6.07, 6.45) is 15.2. The van der Waals surface area contributed by atoms with Crippen LogP contribution in [-0.2, 0) is 11.2 Å². The van der Waals surface area contributed by atoms with Gasteiger partial charge in [-0.05, 0) is 62.5 Å². The van der Waals surface area contributed by atoms with E-state index < -0.39 is 0 Å². The van der Waals surface area contributed by atoms with Gasteiger partial charge in [-0.15, -0.1) is 10.2 Å². The molecule has 144 valence electrons. The molecule has 1 amide bonds. The van der Waals surface area contributed by atoms with Crippen molar-refractivity contribution in [3.05, 3.63) is 5.82 Å². The molecule has 2 bridgehead atoms. The van der Waals surface area contributed by atoms with Crippen LogP contribution in [-0.4, -0.2) is 33.5 Å². The first-order valence-electron chi connectivity index (χ1n) is 10.5. The van der Waals surface area contributed by atoms with E-state index in [2.05, 4.69) is 26.3 Å². The lowest BCUT2D eigenvalue weighted by molar-refractivity contribution is -0.122. The molecule has 1 aromatic heterocycles.